The van der Waals surface area contributed by atoms with E-state index in [1.165, 1.54) is 0 Å². The van der Waals surface area contributed by atoms with Gasteiger partial charge in [0.2, 0.25) is 0 Å². The zero-order valence-corrected chi connectivity index (χ0v) is 81.8. The number of pyridine rings is 5. The lowest BCUT2D eigenvalue weighted by atomic mass is 10.1. The van der Waals surface area contributed by atoms with Gasteiger partial charge in [0.05, 0.1) is 121 Å². The zero-order chi connectivity index (χ0) is 98.2. The van der Waals surface area contributed by atoms with Gasteiger partial charge in [-0.2, -0.15) is 0 Å². The summed E-state index contributed by atoms with van der Waals surface area (Å²) in [4.78, 5) is 103. The monoisotopic (exact) mass is 1900 g/mol. The SMILES string of the molecule is COc1ccc(-c2cc(=O)n3cc(N4CCCN(C)CC4)ccc3n2)cc1OC.COc1ccc(-c2cc(=O)n3cc(N4CCCNCC4)ccc3n2)cc1OC.COc1ccc(-c2cc(=O)n3cc(N4CCN(C)CC4)ccc3n2)cc1OC.COc1ccc(-c2cc(=O)n3cc(N4CCN[C@@H](C)C4)ccc3n2)cc1.COc1ccc(-c2cc(=O)n3cc(N4C[C@@H](C)N[C@@H](C)C4)ccc3n2)cc1OC. The Kier molecular flexibility index (Phi) is 31.5. The van der Waals surface area contributed by atoms with E-state index in [1.807, 2.05) is 189 Å². The average Bonchev–Trinajstić information content (AvgIpc) is 1.19. The number of anilines is 5. The van der Waals surface area contributed by atoms with E-state index in [-0.39, 0.29) is 27.8 Å². The van der Waals surface area contributed by atoms with Crippen LogP contribution in [0.3, 0.4) is 0 Å². The van der Waals surface area contributed by atoms with Crippen molar-refractivity contribution in [2.45, 2.75) is 51.7 Å². The molecular formula is C106H122N20O14. The van der Waals surface area contributed by atoms with E-state index in [2.05, 4.69) is 105 Å². The lowest BCUT2D eigenvalue weighted by Crippen LogP contribution is -2.54. The number of hydrogen-bond acceptors (Lipinski definition) is 29. The smallest absolute Gasteiger partial charge is 0.258 e. The third kappa shape index (κ3) is 23.0. The second-order valence-corrected chi connectivity index (χ2v) is 35.2. The number of likely N-dealkylation sites (N-methyl/N-ethyl adjacent to an activating group) is 2. The number of rotatable bonds is 19. The first-order chi connectivity index (χ1) is 68.0. The normalized spacial score (nSPS) is 16.4. The third-order valence-corrected chi connectivity index (χ3v) is 25.6. The van der Waals surface area contributed by atoms with Gasteiger partial charge < -0.3 is 92.9 Å². The van der Waals surface area contributed by atoms with Gasteiger partial charge in [-0.3, -0.25) is 46.0 Å². The Morgan fingerprint density at radius 1 is 0.264 bits per heavy atom. The Bertz CT molecular complexity index is 7210. The van der Waals surface area contributed by atoms with Gasteiger partial charge >= 0.3 is 0 Å². The van der Waals surface area contributed by atoms with Gasteiger partial charge in [0, 0.05) is 205 Å². The van der Waals surface area contributed by atoms with Crippen molar-refractivity contribution < 1.29 is 42.6 Å². The molecule has 5 aliphatic rings. The van der Waals surface area contributed by atoms with Crippen molar-refractivity contribution in [3.8, 4) is 108 Å². The summed E-state index contributed by atoms with van der Waals surface area (Å²) in [6.45, 7) is 23.0. The Hall–Kier alpha value is -15.1. The molecule has 0 radical (unpaired) electrons. The molecule has 34 nitrogen and oxygen atoms in total. The predicted molar refractivity (Wildman–Crippen MR) is 551 cm³/mol. The molecule has 20 rings (SSSR count). The molecule has 0 aliphatic carbocycles. The Morgan fingerprint density at radius 3 is 0.900 bits per heavy atom. The molecule has 0 saturated carbocycles. The molecule has 5 aliphatic heterocycles. The van der Waals surface area contributed by atoms with E-state index < -0.39 is 0 Å². The predicted octanol–water partition coefficient (Wildman–Crippen LogP) is 11.6. The summed E-state index contributed by atoms with van der Waals surface area (Å²) in [5, 5.41) is 10.4. The van der Waals surface area contributed by atoms with Crippen molar-refractivity contribution in [3.05, 3.63) is 271 Å². The van der Waals surface area contributed by atoms with Crippen LogP contribution in [0.15, 0.2) is 243 Å². The quantitative estimate of drug-likeness (QED) is 0.0677. The first kappa shape index (κ1) is 98.0. The van der Waals surface area contributed by atoms with Crippen molar-refractivity contribution >= 4 is 56.7 Å². The average molecular weight is 1900 g/mol. The van der Waals surface area contributed by atoms with Crippen LogP contribution in [0.4, 0.5) is 28.4 Å². The molecule has 3 atom stereocenters. The highest BCUT2D eigenvalue weighted by atomic mass is 16.5. The molecule has 0 amide bonds. The van der Waals surface area contributed by atoms with Gasteiger partial charge in [-0.05, 0) is 219 Å². The molecule has 5 saturated heterocycles. The molecule has 10 aromatic heterocycles. The summed E-state index contributed by atoms with van der Waals surface area (Å²) in [5.74, 6) is 5.75. The number of aromatic nitrogens is 10. The molecule has 15 aromatic rings. The van der Waals surface area contributed by atoms with E-state index in [0.717, 1.165) is 186 Å². The van der Waals surface area contributed by atoms with Crippen LogP contribution in [0.1, 0.15) is 33.6 Å². The maximum Gasteiger partial charge on any atom is 0.258 e. The molecule has 5 fully saturated rings. The van der Waals surface area contributed by atoms with E-state index in [0.29, 0.717) is 121 Å². The molecule has 730 valence electrons. The second-order valence-electron chi connectivity index (χ2n) is 35.2. The number of methoxy groups -OCH3 is 9. The van der Waals surface area contributed by atoms with Gasteiger partial charge in [0.15, 0.2) is 46.0 Å². The number of ether oxygens (including phenoxy) is 9. The molecule has 3 N–H and O–H groups in total. The number of hydrogen-bond donors (Lipinski definition) is 3. The minimum Gasteiger partial charge on any atom is -0.497 e. The largest absolute Gasteiger partial charge is 0.497 e. The molecule has 34 heteroatoms. The summed E-state index contributed by atoms with van der Waals surface area (Å²) < 4.78 is 55.8. The van der Waals surface area contributed by atoms with Crippen LogP contribution in [0.25, 0.3) is 84.5 Å². The van der Waals surface area contributed by atoms with Crippen LogP contribution in [-0.2, 0) is 0 Å². The molecule has 5 aromatic carbocycles. The minimum atomic E-state index is -0.113. The fraction of sp³-hybridized carbons (Fsp3) is 0.340. The first-order valence-electron chi connectivity index (χ1n) is 47.0. The number of piperazine rings is 3. The van der Waals surface area contributed by atoms with Crippen LogP contribution in [0.2, 0.25) is 0 Å². The topological polar surface area (TPSA) is 314 Å². The van der Waals surface area contributed by atoms with E-state index in [4.69, 9.17) is 47.6 Å². The molecule has 140 heavy (non-hydrogen) atoms. The Labute approximate surface area is 812 Å². The molecule has 0 spiro atoms. The van der Waals surface area contributed by atoms with E-state index >= 15 is 0 Å². The highest BCUT2D eigenvalue weighted by Gasteiger charge is 2.26. The number of benzene rings is 5. The Morgan fingerprint density at radius 2 is 0.557 bits per heavy atom. The summed E-state index contributed by atoms with van der Waals surface area (Å²) >= 11 is 0. The van der Waals surface area contributed by atoms with Crippen LogP contribution in [0.5, 0.6) is 51.7 Å². The number of nitrogens with zero attached hydrogens (tertiary/aromatic N) is 17. The van der Waals surface area contributed by atoms with Crippen molar-refractivity contribution in [2.75, 3.05) is 214 Å². The zero-order valence-electron chi connectivity index (χ0n) is 81.8. The van der Waals surface area contributed by atoms with Crippen molar-refractivity contribution in [1.82, 2.24) is 72.7 Å². The summed E-state index contributed by atoms with van der Waals surface area (Å²) in [7, 11) is 18.6. The maximum absolute atomic E-state index is 12.9. The Balaban J connectivity index is 0.000000126. The minimum absolute atomic E-state index is 0.0779. The van der Waals surface area contributed by atoms with E-state index in [1.54, 1.807) is 116 Å². The van der Waals surface area contributed by atoms with Gasteiger partial charge in [-0.25, -0.2) is 24.9 Å². The highest BCUT2D eigenvalue weighted by Crippen LogP contribution is 2.37. The molecule has 0 unspecified atom stereocenters. The lowest BCUT2D eigenvalue weighted by molar-refractivity contribution is 0.313. The lowest BCUT2D eigenvalue weighted by Gasteiger charge is -2.37. The fourth-order valence-corrected chi connectivity index (χ4v) is 18.1. The van der Waals surface area contributed by atoms with Crippen LogP contribution in [0, 0.1) is 0 Å². The van der Waals surface area contributed by atoms with E-state index in [9.17, 15) is 24.0 Å². The van der Waals surface area contributed by atoms with Crippen LogP contribution >= 0.6 is 0 Å². The first-order valence-corrected chi connectivity index (χ1v) is 47.0. The number of fused-ring (bicyclic) bond motifs is 5. The van der Waals surface area contributed by atoms with Gasteiger partial charge in [0.25, 0.3) is 27.8 Å². The van der Waals surface area contributed by atoms with Crippen LogP contribution < -0.4 is 111 Å². The van der Waals surface area contributed by atoms with Gasteiger partial charge in [0.1, 0.15) is 34.0 Å². The summed E-state index contributed by atoms with van der Waals surface area (Å²) in [5.41, 5.74) is 15.0. The summed E-state index contributed by atoms with van der Waals surface area (Å²) in [6.07, 6.45) is 11.6. The second kappa shape index (κ2) is 45.0. The molecular weight excluding hydrogens is 1780 g/mol. The van der Waals surface area contributed by atoms with Crippen LogP contribution in [-0.4, -0.2) is 264 Å². The van der Waals surface area contributed by atoms with Crippen molar-refractivity contribution in [3.63, 3.8) is 0 Å². The summed E-state index contributed by atoms with van der Waals surface area (Å²) in [6, 6.07) is 58.4. The molecule has 0 bridgehead atoms. The van der Waals surface area contributed by atoms with Crippen molar-refractivity contribution in [2.24, 2.45) is 0 Å². The maximum atomic E-state index is 12.9. The van der Waals surface area contributed by atoms with Gasteiger partial charge in [-0.15, -0.1) is 0 Å². The fourth-order valence-electron chi connectivity index (χ4n) is 18.1. The van der Waals surface area contributed by atoms with Crippen molar-refractivity contribution in [1.29, 1.82) is 0 Å². The molecule has 15 heterocycles. The third-order valence-electron chi connectivity index (χ3n) is 25.6. The number of nitrogens with one attached hydrogen (secondary N) is 3. The highest BCUT2D eigenvalue weighted by molar-refractivity contribution is 5.72. The standard InChI is InChI=1S/2C22H26N4O3.2C21H24N4O3.C20H22N4O2/c1-14-11-25(12-15(2)23-14)17-6-8-21-24-18(10-22(27)26(21)13-17)16-5-7-19(28-3)20(9-16)29-4;1-24-9-4-10-25(12-11-24)17-6-8-21-23-18(14-22(27)26(21)15-17)16-5-7-19(28-2)20(13-16)29-3;1-23-8-10-24(11-9-23)16-5-7-20-22-17(13-21(26)25(20)14-16)15-4-6-18(27-2)19(12-15)28-3;1-27-18-6-4-15(12-19(18)28-2)17-13-21(26)25-14-16(5-7-20(25)23-17)24-10-3-8-22-9-11-24;1-14-12-23(10-9-21-14)16-5-8-19-22-18(11-20(25)24(19)13-16)15-3-6-17(26-2)7-4-15/h5-10,13-15,23H,11-12H2,1-4H3;5-8,13-15H,4,9-12H2,1-3H3;4-7,12-14H,8-11H2,1-3H3;4-7,12-14,22H,3,8-11H2,1-2H3;3-8,11,13-14,21H,9-10,12H2,1-2H3/t14-,15+;;;;14-/m....0/s1. The van der Waals surface area contributed by atoms with Gasteiger partial charge in [-0.1, -0.05) is 0 Å².